The van der Waals surface area contributed by atoms with Crippen molar-refractivity contribution in [1.82, 2.24) is 10.2 Å². The summed E-state index contributed by atoms with van der Waals surface area (Å²) in [7, 11) is 1.62. The minimum atomic E-state index is -0.796. The van der Waals surface area contributed by atoms with E-state index in [1.807, 2.05) is 31.5 Å². The fourth-order valence-electron chi connectivity index (χ4n) is 4.20. The van der Waals surface area contributed by atoms with E-state index in [2.05, 4.69) is 29.1 Å². The number of amidine groups is 1. The molecular weight excluding hydrogens is 421 g/mol. The standard InChI is InChI=1S/C25H28FN5O2/c1-24(2)15-30(16-29-24)20-11-5-17(13-21(20)33-4)6-12-22(27)31-23(32)28-14-25(31,3)18-7-9-19(26)10-8-18/h5-13,16,27H,14-15H2,1-4H3,(H,28,32)/b12-6+,27-22?. The molecule has 2 heterocycles. The summed E-state index contributed by atoms with van der Waals surface area (Å²) < 4.78 is 19.0. The summed E-state index contributed by atoms with van der Waals surface area (Å²) in [6.45, 7) is 7.09. The van der Waals surface area contributed by atoms with Crippen molar-refractivity contribution in [3.05, 3.63) is 65.5 Å². The molecular formula is C25H28FN5O2. The molecule has 2 aromatic carbocycles. The quantitative estimate of drug-likeness (QED) is 0.525. The number of anilines is 1. The van der Waals surface area contributed by atoms with Crippen LogP contribution in [0.15, 0.2) is 53.5 Å². The van der Waals surface area contributed by atoms with Crippen molar-refractivity contribution in [2.75, 3.05) is 25.1 Å². The number of nitrogens with one attached hydrogen (secondary N) is 2. The van der Waals surface area contributed by atoms with E-state index < -0.39 is 5.54 Å². The predicted octanol–water partition coefficient (Wildman–Crippen LogP) is 4.39. The highest BCUT2D eigenvalue weighted by Gasteiger charge is 2.44. The number of benzene rings is 2. The molecule has 2 aliphatic rings. The van der Waals surface area contributed by atoms with E-state index >= 15 is 0 Å². The third-order valence-corrected chi connectivity index (χ3v) is 6.04. The maximum absolute atomic E-state index is 13.4. The van der Waals surface area contributed by atoms with Crippen LogP contribution in [0.2, 0.25) is 0 Å². The van der Waals surface area contributed by atoms with Crippen molar-refractivity contribution in [3.8, 4) is 5.75 Å². The van der Waals surface area contributed by atoms with Gasteiger partial charge in [-0.1, -0.05) is 24.3 Å². The molecule has 7 nitrogen and oxygen atoms in total. The van der Waals surface area contributed by atoms with Crippen molar-refractivity contribution < 1.29 is 13.9 Å². The maximum Gasteiger partial charge on any atom is 0.324 e. The Balaban J connectivity index is 1.56. The van der Waals surface area contributed by atoms with Crippen LogP contribution in [0.5, 0.6) is 5.75 Å². The Morgan fingerprint density at radius 1 is 1.21 bits per heavy atom. The molecule has 1 atom stereocenters. The number of hydrogen-bond acceptors (Lipinski definition) is 5. The number of rotatable bonds is 5. The first-order valence-corrected chi connectivity index (χ1v) is 10.7. The van der Waals surface area contributed by atoms with Gasteiger partial charge in [-0.05, 0) is 62.2 Å². The van der Waals surface area contributed by atoms with Crippen molar-refractivity contribution in [1.29, 1.82) is 5.41 Å². The number of nitrogens with zero attached hydrogens (tertiary/aromatic N) is 3. The summed E-state index contributed by atoms with van der Waals surface area (Å²) in [6.07, 6.45) is 5.18. The van der Waals surface area contributed by atoms with Gasteiger partial charge in [0.2, 0.25) is 0 Å². The number of carbonyl (C=O) groups is 1. The number of methoxy groups -OCH3 is 1. The van der Waals surface area contributed by atoms with E-state index in [1.165, 1.54) is 17.0 Å². The smallest absolute Gasteiger partial charge is 0.324 e. The van der Waals surface area contributed by atoms with Gasteiger partial charge in [0.25, 0.3) is 0 Å². The van der Waals surface area contributed by atoms with Gasteiger partial charge in [-0.2, -0.15) is 0 Å². The average Bonchev–Trinajstić information content (AvgIpc) is 3.31. The Bertz CT molecular complexity index is 1140. The summed E-state index contributed by atoms with van der Waals surface area (Å²) in [5.41, 5.74) is 1.56. The molecule has 0 radical (unpaired) electrons. The Kier molecular flexibility index (Phi) is 5.69. The summed E-state index contributed by atoms with van der Waals surface area (Å²) >= 11 is 0. The van der Waals surface area contributed by atoms with Gasteiger partial charge >= 0.3 is 6.03 Å². The van der Waals surface area contributed by atoms with Crippen LogP contribution in [0.25, 0.3) is 6.08 Å². The Hall–Kier alpha value is -3.68. The highest BCUT2D eigenvalue weighted by atomic mass is 19.1. The number of halogens is 1. The number of carbonyl (C=O) groups excluding carboxylic acids is 1. The molecule has 0 aromatic heterocycles. The Morgan fingerprint density at radius 3 is 2.58 bits per heavy atom. The molecule has 2 aliphatic heterocycles. The van der Waals surface area contributed by atoms with Gasteiger partial charge in [0.05, 0.1) is 30.2 Å². The first-order chi connectivity index (χ1) is 15.6. The zero-order chi connectivity index (χ0) is 23.8. The minimum absolute atomic E-state index is 0.0355. The monoisotopic (exact) mass is 449 g/mol. The highest BCUT2D eigenvalue weighted by Crippen LogP contribution is 2.34. The third-order valence-electron chi connectivity index (χ3n) is 6.04. The van der Waals surface area contributed by atoms with Gasteiger partial charge in [-0.15, -0.1) is 0 Å². The van der Waals surface area contributed by atoms with Crippen LogP contribution < -0.4 is 15.0 Å². The Morgan fingerprint density at radius 2 is 1.94 bits per heavy atom. The van der Waals surface area contributed by atoms with Gasteiger partial charge in [-0.25, -0.2) is 9.18 Å². The summed E-state index contributed by atoms with van der Waals surface area (Å²) in [5.74, 6) is 0.388. The van der Waals surface area contributed by atoms with Crippen LogP contribution in [-0.2, 0) is 5.54 Å². The van der Waals surface area contributed by atoms with Crippen LogP contribution in [0.3, 0.4) is 0 Å². The molecule has 1 fully saturated rings. The molecule has 1 saturated heterocycles. The second-order valence-corrected chi connectivity index (χ2v) is 9.11. The minimum Gasteiger partial charge on any atom is -0.495 e. The van der Waals surface area contributed by atoms with E-state index in [0.29, 0.717) is 12.3 Å². The normalized spacial score (nSPS) is 21.7. The topological polar surface area (TPSA) is 81.0 Å². The number of amides is 2. The molecule has 33 heavy (non-hydrogen) atoms. The lowest BCUT2D eigenvalue weighted by Gasteiger charge is -2.33. The highest BCUT2D eigenvalue weighted by molar-refractivity contribution is 6.06. The molecule has 2 amide bonds. The van der Waals surface area contributed by atoms with Gasteiger partial charge in [-0.3, -0.25) is 15.3 Å². The fourth-order valence-corrected chi connectivity index (χ4v) is 4.20. The molecule has 8 heteroatoms. The largest absolute Gasteiger partial charge is 0.495 e. The molecule has 172 valence electrons. The van der Waals surface area contributed by atoms with Crippen molar-refractivity contribution >= 4 is 30.0 Å². The van der Waals surface area contributed by atoms with Crippen LogP contribution >= 0.6 is 0 Å². The number of urea groups is 1. The van der Waals surface area contributed by atoms with Crippen molar-refractivity contribution in [2.24, 2.45) is 4.99 Å². The summed E-state index contributed by atoms with van der Waals surface area (Å²) in [4.78, 5) is 20.5. The van der Waals surface area contributed by atoms with Crippen LogP contribution in [0.4, 0.5) is 14.9 Å². The SMILES string of the molecule is COc1cc(/C=C/C(=N)N2C(=O)NCC2(C)c2ccc(F)cc2)ccc1N1C=NC(C)(C)C1. The lowest BCUT2D eigenvalue weighted by atomic mass is 9.91. The van der Waals surface area contributed by atoms with Crippen LogP contribution in [0, 0.1) is 11.2 Å². The van der Waals surface area contributed by atoms with Gasteiger partial charge in [0.15, 0.2) is 0 Å². The maximum atomic E-state index is 13.4. The van der Waals surface area contributed by atoms with E-state index in [0.717, 1.165) is 23.4 Å². The predicted molar refractivity (Wildman–Crippen MR) is 129 cm³/mol. The van der Waals surface area contributed by atoms with E-state index in [1.54, 1.807) is 31.4 Å². The number of ether oxygens (including phenoxy) is 1. The zero-order valence-electron chi connectivity index (χ0n) is 19.2. The fraction of sp³-hybridized carbons (Fsp3) is 0.320. The molecule has 1 unspecified atom stereocenters. The van der Waals surface area contributed by atoms with E-state index in [4.69, 9.17) is 10.1 Å². The lowest BCUT2D eigenvalue weighted by molar-refractivity contribution is 0.213. The first-order valence-electron chi connectivity index (χ1n) is 10.7. The summed E-state index contributed by atoms with van der Waals surface area (Å²) in [6, 6.07) is 11.4. The van der Waals surface area contributed by atoms with Crippen LogP contribution in [0.1, 0.15) is 31.9 Å². The number of hydrogen-bond donors (Lipinski definition) is 2. The number of aliphatic imine (C=N–C) groups is 1. The molecule has 2 N–H and O–H groups in total. The zero-order valence-corrected chi connectivity index (χ0v) is 19.2. The molecule has 0 bridgehead atoms. The van der Waals surface area contributed by atoms with E-state index in [-0.39, 0.29) is 23.2 Å². The van der Waals surface area contributed by atoms with E-state index in [9.17, 15) is 9.18 Å². The van der Waals surface area contributed by atoms with Crippen LogP contribution in [-0.4, -0.2) is 48.8 Å². The van der Waals surface area contributed by atoms with Gasteiger partial charge in [0, 0.05) is 13.1 Å². The molecule has 0 saturated carbocycles. The first kappa shape index (κ1) is 22.5. The average molecular weight is 450 g/mol. The second kappa shape index (κ2) is 8.35. The van der Waals surface area contributed by atoms with Gasteiger partial charge < -0.3 is 15.0 Å². The van der Waals surface area contributed by atoms with Crippen molar-refractivity contribution in [2.45, 2.75) is 31.8 Å². The van der Waals surface area contributed by atoms with Crippen molar-refractivity contribution in [3.63, 3.8) is 0 Å². The molecule has 0 aliphatic carbocycles. The third kappa shape index (κ3) is 4.33. The second-order valence-electron chi connectivity index (χ2n) is 9.11. The molecule has 2 aromatic rings. The lowest BCUT2D eigenvalue weighted by Crippen LogP contribution is -2.45. The Labute approximate surface area is 193 Å². The summed E-state index contributed by atoms with van der Waals surface area (Å²) in [5, 5.41) is 11.4. The molecule has 4 rings (SSSR count). The molecule has 0 spiro atoms. The van der Waals surface area contributed by atoms with Gasteiger partial charge in [0.1, 0.15) is 17.4 Å².